The number of esters is 1. The van der Waals surface area contributed by atoms with Gasteiger partial charge >= 0.3 is 5.97 Å². The zero-order valence-corrected chi connectivity index (χ0v) is 17.1. The van der Waals surface area contributed by atoms with Crippen LogP contribution in [0, 0.1) is 5.92 Å². The fourth-order valence-corrected chi connectivity index (χ4v) is 4.07. The van der Waals surface area contributed by atoms with E-state index in [1.54, 1.807) is 35.2 Å². The maximum atomic E-state index is 12.9. The van der Waals surface area contributed by atoms with Gasteiger partial charge in [0.1, 0.15) is 5.52 Å². The van der Waals surface area contributed by atoms with Gasteiger partial charge in [0.05, 0.1) is 18.0 Å². The molecule has 8 nitrogen and oxygen atoms in total. The number of fused-ring (bicyclic) bond motifs is 1. The minimum Gasteiger partial charge on any atom is -0.451 e. The molecule has 1 aliphatic rings. The Kier molecular flexibility index (Phi) is 4.92. The molecule has 1 saturated heterocycles. The molecule has 1 aliphatic heterocycles. The number of anilines is 1. The van der Waals surface area contributed by atoms with Crippen molar-refractivity contribution in [1.82, 2.24) is 19.5 Å². The molecule has 1 fully saturated rings. The predicted molar refractivity (Wildman–Crippen MR) is 108 cm³/mol. The van der Waals surface area contributed by atoms with Crippen molar-refractivity contribution in [3.63, 3.8) is 0 Å². The number of ether oxygens (including phenoxy) is 2. The summed E-state index contributed by atoms with van der Waals surface area (Å²) in [6.07, 6.45) is 1.57. The highest BCUT2D eigenvalue weighted by molar-refractivity contribution is 6.33. The molecule has 1 aromatic carbocycles. The van der Waals surface area contributed by atoms with Gasteiger partial charge in [0.25, 0.3) is 0 Å². The molecular weight excluding hydrogens is 394 g/mol. The standard InChI is InChI=1S/C20H22ClN5O3/c1-4-13-11(2)20(3,29-17(27)12-8-6-5-7-9-12)18(28-13)26-10-23-14-15(21)24-19(22)25-16(14)26/h5-11,13,18H,4H2,1-3H3,(H2,22,24,25)/t11-,13?,18?,20-/m1/s1. The quantitative estimate of drug-likeness (QED) is 0.512. The minimum absolute atomic E-state index is 0.0327. The Balaban J connectivity index is 1.78. The van der Waals surface area contributed by atoms with Crippen molar-refractivity contribution < 1.29 is 14.3 Å². The molecule has 0 saturated carbocycles. The lowest BCUT2D eigenvalue weighted by atomic mass is 9.86. The molecule has 3 aromatic rings. The Bertz CT molecular complexity index is 1060. The molecule has 0 aliphatic carbocycles. The van der Waals surface area contributed by atoms with Crippen LogP contribution in [0.3, 0.4) is 0 Å². The fraction of sp³-hybridized carbons (Fsp3) is 0.400. The van der Waals surface area contributed by atoms with E-state index in [0.717, 1.165) is 6.42 Å². The lowest BCUT2D eigenvalue weighted by molar-refractivity contribution is -0.0947. The van der Waals surface area contributed by atoms with Gasteiger partial charge in [-0.1, -0.05) is 43.6 Å². The smallest absolute Gasteiger partial charge is 0.338 e. The van der Waals surface area contributed by atoms with Gasteiger partial charge in [-0.3, -0.25) is 4.57 Å². The van der Waals surface area contributed by atoms with Crippen molar-refractivity contribution in [2.45, 2.75) is 45.1 Å². The van der Waals surface area contributed by atoms with Crippen LogP contribution in [0.2, 0.25) is 5.15 Å². The van der Waals surface area contributed by atoms with E-state index in [-0.39, 0.29) is 23.1 Å². The first kappa shape index (κ1) is 19.6. The summed E-state index contributed by atoms with van der Waals surface area (Å²) in [6, 6.07) is 8.88. The number of nitrogens with zero attached hydrogens (tertiary/aromatic N) is 4. The molecule has 9 heteroatoms. The van der Waals surface area contributed by atoms with Gasteiger partial charge in [-0.05, 0) is 25.5 Å². The maximum Gasteiger partial charge on any atom is 0.338 e. The van der Waals surface area contributed by atoms with Crippen molar-refractivity contribution in [2.24, 2.45) is 5.92 Å². The van der Waals surface area contributed by atoms with Gasteiger partial charge in [0.15, 0.2) is 22.6 Å². The van der Waals surface area contributed by atoms with Crippen LogP contribution in [0.5, 0.6) is 0 Å². The summed E-state index contributed by atoms with van der Waals surface area (Å²) in [5.74, 6) is -0.454. The highest BCUT2D eigenvalue weighted by Crippen LogP contribution is 2.47. The monoisotopic (exact) mass is 415 g/mol. The molecule has 29 heavy (non-hydrogen) atoms. The second-order valence-electron chi connectivity index (χ2n) is 7.36. The van der Waals surface area contributed by atoms with Gasteiger partial charge < -0.3 is 15.2 Å². The molecule has 4 rings (SSSR count). The summed E-state index contributed by atoms with van der Waals surface area (Å²) in [6.45, 7) is 5.92. The first-order chi connectivity index (χ1) is 13.8. The van der Waals surface area contributed by atoms with Crippen LogP contribution in [0.4, 0.5) is 5.95 Å². The highest BCUT2D eigenvalue weighted by atomic mass is 35.5. The molecule has 2 unspecified atom stereocenters. The van der Waals surface area contributed by atoms with Crippen LogP contribution in [0.25, 0.3) is 11.2 Å². The van der Waals surface area contributed by atoms with Gasteiger partial charge in [0, 0.05) is 5.92 Å². The molecule has 0 bridgehead atoms. The topological polar surface area (TPSA) is 105 Å². The molecule has 0 spiro atoms. The Morgan fingerprint density at radius 1 is 1.34 bits per heavy atom. The van der Waals surface area contributed by atoms with Crippen molar-refractivity contribution in [2.75, 3.05) is 5.73 Å². The highest BCUT2D eigenvalue weighted by Gasteiger charge is 2.55. The number of hydrogen-bond donors (Lipinski definition) is 1. The number of halogens is 1. The van der Waals surface area contributed by atoms with Crippen molar-refractivity contribution in [1.29, 1.82) is 0 Å². The average molecular weight is 416 g/mol. The largest absolute Gasteiger partial charge is 0.451 e. The van der Waals surface area contributed by atoms with E-state index >= 15 is 0 Å². The third-order valence-electron chi connectivity index (χ3n) is 5.63. The van der Waals surface area contributed by atoms with Crippen LogP contribution < -0.4 is 5.73 Å². The predicted octanol–water partition coefficient (Wildman–Crippen LogP) is 3.62. The van der Waals surface area contributed by atoms with Crippen LogP contribution in [-0.2, 0) is 9.47 Å². The van der Waals surface area contributed by atoms with Gasteiger partial charge in [-0.2, -0.15) is 9.97 Å². The zero-order chi connectivity index (χ0) is 20.8. The number of carbonyl (C=O) groups is 1. The molecular formula is C20H22ClN5O3. The van der Waals surface area contributed by atoms with Gasteiger partial charge in [0.2, 0.25) is 5.95 Å². The molecule has 0 amide bonds. The van der Waals surface area contributed by atoms with Gasteiger partial charge in [-0.15, -0.1) is 0 Å². The lowest BCUT2D eigenvalue weighted by Crippen LogP contribution is -2.43. The van der Waals surface area contributed by atoms with Gasteiger partial charge in [-0.25, -0.2) is 9.78 Å². The number of carbonyl (C=O) groups excluding carboxylic acids is 1. The summed E-state index contributed by atoms with van der Waals surface area (Å²) in [4.78, 5) is 25.4. The summed E-state index contributed by atoms with van der Waals surface area (Å²) in [5, 5.41) is 0.160. The maximum absolute atomic E-state index is 12.9. The second-order valence-corrected chi connectivity index (χ2v) is 7.72. The van der Waals surface area contributed by atoms with E-state index in [9.17, 15) is 4.79 Å². The molecule has 4 atom stereocenters. The summed E-state index contributed by atoms with van der Waals surface area (Å²) >= 11 is 6.17. The first-order valence-electron chi connectivity index (χ1n) is 9.44. The number of aromatic nitrogens is 4. The lowest BCUT2D eigenvalue weighted by Gasteiger charge is -2.33. The summed E-state index contributed by atoms with van der Waals surface area (Å²) in [5.41, 5.74) is 6.13. The van der Waals surface area contributed by atoms with E-state index in [1.807, 2.05) is 26.8 Å². The Morgan fingerprint density at radius 2 is 2.07 bits per heavy atom. The Labute approximate surface area is 173 Å². The molecule has 152 valence electrons. The minimum atomic E-state index is -0.965. The number of imidazole rings is 1. The van der Waals surface area contributed by atoms with Crippen LogP contribution in [0.1, 0.15) is 43.8 Å². The Morgan fingerprint density at radius 3 is 2.76 bits per heavy atom. The third kappa shape index (κ3) is 3.22. The summed E-state index contributed by atoms with van der Waals surface area (Å²) in [7, 11) is 0. The molecule has 2 aromatic heterocycles. The van der Waals surface area contributed by atoms with E-state index in [4.69, 9.17) is 26.8 Å². The van der Waals surface area contributed by atoms with E-state index in [1.165, 1.54) is 0 Å². The summed E-state index contributed by atoms with van der Waals surface area (Å²) < 4.78 is 14.1. The third-order valence-corrected chi connectivity index (χ3v) is 5.89. The van der Waals surface area contributed by atoms with Crippen LogP contribution in [-0.4, -0.2) is 37.2 Å². The number of nitrogen functional groups attached to an aromatic ring is 1. The molecule has 2 N–H and O–H groups in total. The molecule has 0 radical (unpaired) electrons. The fourth-order valence-electron chi connectivity index (χ4n) is 3.85. The number of rotatable bonds is 4. The number of hydrogen-bond acceptors (Lipinski definition) is 7. The van der Waals surface area contributed by atoms with E-state index in [0.29, 0.717) is 16.7 Å². The van der Waals surface area contributed by atoms with E-state index < -0.39 is 17.8 Å². The van der Waals surface area contributed by atoms with Crippen molar-refractivity contribution in [3.05, 3.63) is 47.4 Å². The number of nitrogens with two attached hydrogens (primary N) is 1. The Hall–Kier alpha value is -2.71. The molecule has 3 heterocycles. The SMILES string of the molecule is CCC1OC(n2cnc3c(Cl)nc(N)nc32)[C@](C)(OC(=O)c2ccccc2)[C@@H]1C. The number of benzene rings is 1. The average Bonchev–Trinajstić information content (AvgIpc) is 3.22. The first-order valence-corrected chi connectivity index (χ1v) is 9.82. The van der Waals surface area contributed by atoms with E-state index in [2.05, 4.69) is 15.0 Å². The van der Waals surface area contributed by atoms with Crippen molar-refractivity contribution in [3.8, 4) is 0 Å². The van der Waals surface area contributed by atoms with Crippen molar-refractivity contribution >= 4 is 34.7 Å². The second kappa shape index (κ2) is 7.27. The van der Waals surface area contributed by atoms with Crippen LogP contribution in [0.15, 0.2) is 36.7 Å². The van der Waals surface area contributed by atoms with Crippen LogP contribution >= 0.6 is 11.6 Å². The normalized spacial score (nSPS) is 26.7. The zero-order valence-electron chi connectivity index (χ0n) is 16.4.